The van der Waals surface area contributed by atoms with Gasteiger partial charge in [-0.2, -0.15) is 4.98 Å². The molecule has 2 heterocycles. The van der Waals surface area contributed by atoms with Crippen LogP contribution in [0.1, 0.15) is 74.9 Å². The zero-order valence-corrected chi connectivity index (χ0v) is 39.8. The van der Waals surface area contributed by atoms with Crippen molar-refractivity contribution in [3.05, 3.63) is 167 Å². The number of hydrogen-bond acceptors (Lipinski definition) is 5. The van der Waals surface area contributed by atoms with Crippen molar-refractivity contribution in [1.82, 2.24) is 4.98 Å². The maximum atomic E-state index is 13.4. The van der Waals surface area contributed by atoms with Crippen LogP contribution in [0.3, 0.4) is 0 Å². The van der Waals surface area contributed by atoms with Crippen LogP contribution in [0, 0.1) is 0 Å². The van der Waals surface area contributed by atoms with Crippen LogP contribution in [0.5, 0.6) is 11.5 Å². The second-order valence-electron chi connectivity index (χ2n) is 17.7. The number of thiazole rings is 2. The number of nitrogens with zero attached hydrogens (tertiary/aromatic N) is 1. The molecule has 8 heteroatoms. The molecule has 0 unspecified atom stereocenters. The minimum Gasteiger partial charge on any atom is -0.872 e. The van der Waals surface area contributed by atoms with Crippen LogP contribution in [0.15, 0.2) is 133 Å². The fourth-order valence-corrected chi connectivity index (χ4v) is 12.7. The van der Waals surface area contributed by atoms with E-state index < -0.39 is 0 Å². The van der Waals surface area contributed by atoms with E-state index in [1.54, 1.807) is 28.7 Å². The summed E-state index contributed by atoms with van der Waals surface area (Å²) >= 11 is 3.35. The van der Waals surface area contributed by atoms with E-state index in [4.69, 9.17) is 4.98 Å². The van der Waals surface area contributed by atoms with E-state index in [-0.39, 0.29) is 51.6 Å². The van der Waals surface area contributed by atoms with Crippen molar-refractivity contribution in [1.29, 1.82) is 0 Å². The van der Waals surface area contributed by atoms with Gasteiger partial charge >= 0.3 is 10.1 Å². The fourth-order valence-electron chi connectivity index (χ4n) is 10.4. The average molecular weight is 877 g/mol. The molecule has 2 N–H and O–H groups in total. The zero-order chi connectivity index (χ0) is 40.6. The first-order valence-electron chi connectivity index (χ1n) is 20.2. The van der Waals surface area contributed by atoms with Gasteiger partial charge in [-0.25, -0.2) is 4.98 Å². The molecule has 0 spiro atoms. The number of fused-ring (bicyclic) bond motifs is 12. The first-order valence-corrected chi connectivity index (χ1v) is 21.9. The molecule has 0 amide bonds. The number of phenolic OH excluding ortho intramolecular Hbond substituents is 1. The summed E-state index contributed by atoms with van der Waals surface area (Å²) in [5.74, 6) is 0.389. The van der Waals surface area contributed by atoms with Gasteiger partial charge in [0.2, 0.25) is 5.52 Å². The van der Waals surface area contributed by atoms with Gasteiger partial charge in [0.05, 0.1) is 21.3 Å². The Balaban J connectivity index is 0.000000158. The van der Waals surface area contributed by atoms with E-state index in [1.807, 2.05) is 30.3 Å². The summed E-state index contributed by atoms with van der Waals surface area (Å²) in [5, 5.41) is 26.0. The van der Waals surface area contributed by atoms with Crippen LogP contribution in [-0.4, -0.2) is 20.2 Å². The standard InChI is InChI=1S/C31H25NOS.C22H17NOS.Be.Zn/c1-30(2)21-11-7-5-9-17(21)19-14-16-24(33)25(26(19)30)29-32-23-15-13-20-18-10-6-8-12-22(18)31(3,4)27(20)28(23)34-29;1-22(2)16-8-4-3-7-13(16)14-11-15(19(24)12-17(14)22)21-23-18-9-5-6-10-20(18)25-21;;/h5-16,33H,1-4H3;3-12,24H,1-2H3;;/q;;+2;. The number of para-hydroxylation sites is 1. The quantitative estimate of drug-likeness (QED) is 0.176. The maximum Gasteiger partial charge on any atom is 2.00 e. The number of rotatable bonds is 2. The molecular weight excluding hydrogens is 835 g/mol. The Kier molecular flexibility index (Phi) is 9.70. The van der Waals surface area contributed by atoms with Crippen molar-refractivity contribution in [3.63, 3.8) is 0 Å². The minimum atomic E-state index is -0.233. The molecule has 61 heavy (non-hydrogen) atoms. The number of nitrogens with one attached hydrogen (secondary N) is 1. The molecular formula is C53H42BeN2O2S2Zn+2. The van der Waals surface area contributed by atoms with Crippen LogP contribution in [-0.2, 0) is 35.7 Å². The summed E-state index contributed by atoms with van der Waals surface area (Å²) < 4.78 is 2.39. The predicted molar refractivity (Wildman–Crippen MR) is 248 cm³/mol. The second kappa shape index (κ2) is 14.4. The van der Waals surface area contributed by atoms with Crippen molar-refractivity contribution in [2.45, 2.75) is 57.8 Å². The largest absolute Gasteiger partial charge is 2.00 e. The van der Waals surface area contributed by atoms with Gasteiger partial charge in [0.1, 0.15) is 15.5 Å². The minimum absolute atomic E-state index is 0. The monoisotopic (exact) mass is 875 g/mol. The normalized spacial score (nSPS) is 15.0. The van der Waals surface area contributed by atoms with E-state index in [0.717, 1.165) is 42.4 Å². The molecule has 3 aliphatic carbocycles. The van der Waals surface area contributed by atoms with E-state index in [0.29, 0.717) is 5.75 Å². The Morgan fingerprint density at radius 2 is 1.08 bits per heavy atom. The van der Waals surface area contributed by atoms with Crippen LogP contribution >= 0.6 is 22.7 Å². The molecule has 2 aromatic heterocycles. The van der Waals surface area contributed by atoms with Crippen molar-refractivity contribution < 1.29 is 34.7 Å². The van der Waals surface area contributed by atoms with E-state index >= 15 is 0 Å². The molecule has 290 valence electrons. The van der Waals surface area contributed by atoms with Crippen LogP contribution in [0.2, 0.25) is 0 Å². The van der Waals surface area contributed by atoms with Crippen molar-refractivity contribution >= 4 is 53.2 Å². The smallest absolute Gasteiger partial charge is 0.872 e. The van der Waals surface area contributed by atoms with E-state index in [1.165, 1.54) is 65.9 Å². The van der Waals surface area contributed by atoms with Gasteiger partial charge < -0.3 is 10.2 Å². The molecule has 0 radical (unpaired) electrons. The van der Waals surface area contributed by atoms with Crippen LogP contribution < -0.4 is 10.1 Å². The summed E-state index contributed by atoms with van der Waals surface area (Å²) in [7, 11) is 0. The molecule has 4 nitrogen and oxygen atoms in total. The number of aromatic nitrogens is 2. The first-order chi connectivity index (χ1) is 28.4. The molecule has 0 saturated carbocycles. The first kappa shape index (κ1) is 41.1. The molecule has 0 bridgehead atoms. The molecule has 0 aliphatic heterocycles. The maximum absolute atomic E-state index is 13.4. The SMILES string of the molecule is CC1(C)c2ccccc2-c2cc(-c3nc4ccccc4s3)c(O)cc21.CC1(C)c2ccccc2-c2ccc([O-])c(-c3[nH+]c4ccc5c(c4s3)C(C)(C)c3ccccc3-5)c21.[Be+2].[Zn]. The molecule has 3 aliphatic rings. The van der Waals surface area contributed by atoms with Gasteiger partial charge in [-0.15, -0.1) is 11.3 Å². The number of aromatic amines is 1. The fraction of sp³-hybridized carbons (Fsp3) is 0.170. The average Bonchev–Trinajstić information content (AvgIpc) is 4.01. The second-order valence-corrected chi connectivity index (χ2v) is 19.7. The summed E-state index contributed by atoms with van der Waals surface area (Å²) in [6.45, 7) is 13.5. The number of benzene rings is 7. The van der Waals surface area contributed by atoms with Gasteiger partial charge in [-0.3, -0.25) is 0 Å². The third-order valence-corrected chi connectivity index (χ3v) is 15.5. The molecule has 0 atom stereocenters. The van der Waals surface area contributed by atoms with Crippen LogP contribution in [0.25, 0.3) is 75.0 Å². The Morgan fingerprint density at radius 3 is 1.74 bits per heavy atom. The Morgan fingerprint density at radius 1 is 0.541 bits per heavy atom. The number of aromatic hydroxyl groups is 1. The van der Waals surface area contributed by atoms with Crippen LogP contribution in [0.4, 0.5) is 0 Å². The summed E-state index contributed by atoms with van der Waals surface area (Å²) in [5.41, 5.74) is 18.4. The van der Waals surface area contributed by atoms with E-state index in [2.05, 4.69) is 144 Å². The molecule has 9 aromatic rings. The van der Waals surface area contributed by atoms with Crippen molar-refractivity contribution in [2.75, 3.05) is 0 Å². The molecule has 7 aromatic carbocycles. The zero-order valence-electron chi connectivity index (χ0n) is 35.2. The number of phenols is 1. The van der Waals surface area contributed by atoms with Gasteiger partial charge in [0.15, 0.2) is 0 Å². The Bertz CT molecular complexity index is 3220. The summed E-state index contributed by atoms with van der Waals surface area (Å²) in [6.07, 6.45) is 0. The number of hydrogen-bond donors (Lipinski definition) is 1. The van der Waals surface area contributed by atoms with Gasteiger partial charge in [0.25, 0.3) is 5.01 Å². The van der Waals surface area contributed by atoms with Crippen molar-refractivity contribution in [2.24, 2.45) is 0 Å². The predicted octanol–water partition coefficient (Wildman–Crippen LogP) is 12.7. The Hall–Kier alpha value is -5.29. The molecule has 0 saturated heterocycles. The summed E-state index contributed by atoms with van der Waals surface area (Å²) in [4.78, 5) is 8.38. The van der Waals surface area contributed by atoms with Gasteiger partial charge in [-0.05, 0) is 97.1 Å². The third kappa shape index (κ3) is 5.89. The van der Waals surface area contributed by atoms with Gasteiger partial charge in [0, 0.05) is 41.8 Å². The van der Waals surface area contributed by atoms with Gasteiger partial charge in [-0.1, -0.05) is 156 Å². The Labute approximate surface area is 381 Å². The van der Waals surface area contributed by atoms with E-state index in [9.17, 15) is 10.2 Å². The van der Waals surface area contributed by atoms with Crippen molar-refractivity contribution in [3.8, 4) is 66.0 Å². The molecule has 0 fully saturated rings. The topological polar surface area (TPSA) is 70.3 Å². The summed E-state index contributed by atoms with van der Waals surface area (Å²) in [6, 6.07) is 46.1. The third-order valence-electron chi connectivity index (χ3n) is 13.3. The molecule has 12 rings (SSSR count). The number of H-pyrrole nitrogens is 1.